The molecule has 4 nitrogen and oxygen atoms in total. The van der Waals surface area contributed by atoms with Crippen molar-refractivity contribution in [2.45, 2.75) is 33.4 Å². The van der Waals surface area contributed by atoms with Crippen molar-refractivity contribution in [2.75, 3.05) is 0 Å². The number of benzene rings is 1. The highest BCUT2D eigenvalue weighted by molar-refractivity contribution is 7.11. The van der Waals surface area contributed by atoms with Gasteiger partial charge in [-0.25, -0.2) is 4.98 Å². The van der Waals surface area contributed by atoms with Gasteiger partial charge in [-0.1, -0.05) is 12.1 Å². The summed E-state index contributed by atoms with van der Waals surface area (Å²) in [7, 11) is 0. The molecule has 1 heterocycles. The van der Waals surface area contributed by atoms with Gasteiger partial charge in [-0.3, -0.25) is 4.79 Å². The lowest BCUT2D eigenvalue weighted by atomic mass is 10.1. The van der Waals surface area contributed by atoms with E-state index in [1.165, 1.54) is 4.88 Å². The molecule has 1 aromatic heterocycles. The smallest absolute Gasteiger partial charge is 0.248 e. The zero-order valence-electron chi connectivity index (χ0n) is 11.9. The van der Waals surface area contributed by atoms with Gasteiger partial charge in [-0.05, 0) is 38.5 Å². The molecule has 20 heavy (non-hydrogen) atoms. The summed E-state index contributed by atoms with van der Waals surface area (Å²) in [5.74, 6) is -0.397. The standard InChI is InChI=1S/C15H19N3OS/c1-9(14-10(2)20-11(3)18-14)17-8-12-5-4-6-13(7-12)15(16)19/h4-7,9,17H,8H2,1-3H3,(H2,16,19). The van der Waals surface area contributed by atoms with Crippen molar-refractivity contribution in [1.82, 2.24) is 10.3 Å². The normalized spacial score (nSPS) is 12.3. The molecule has 0 aliphatic heterocycles. The molecular formula is C15H19N3OS. The first kappa shape index (κ1) is 14.7. The van der Waals surface area contributed by atoms with E-state index >= 15 is 0 Å². The number of hydrogen-bond acceptors (Lipinski definition) is 4. The minimum Gasteiger partial charge on any atom is -0.366 e. The van der Waals surface area contributed by atoms with Gasteiger partial charge in [-0.2, -0.15) is 0 Å². The minimum atomic E-state index is -0.397. The van der Waals surface area contributed by atoms with Crippen molar-refractivity contribution in [3.8, 4) is 0 Å². The van der Waals surface area contributed by atoms with Crippen LogP contribution >= 0.6 is 11.3 Å². The molecule has 0 radical (unpaired) electrons. The largest absolute Gasteiger partial charge is 0.366 e. The number of thiazole rings is 1. The maximum atomic E-state index is 11.2. The van der Waals surface area contributed by atoms with Crippen LogP contribution in [0.3, 0.4) is 0 Å². The first-order chi connectivity index (χ1) is 9.47. The van der Waals surface area contributed by atoms with Crippen LogP contribution in [0.15, 0.2) is 24.3 Å². The Labute approximate surface area is 123 Å². The number of aryl methyl sites for hydroxylation is 2. The minimum absolute atomic E-state index is 0.178. The van der Waals surface area contributed by atoms with Gasteiger partial charge < -0.3 is 11.1 Å². The topological polar surface area (TPSA) is 68.0 Å². The van der Waals surface area contributed by atoms with E-state index in [2.05, 4.69) is 24.1 Å². The number of aromatic nitrogens is 1. The quantitative estimate of drug-likeness (QED) is 0.889. The van der Waals surface area contributed by atoms with Crippen molar-refractivity contribution in [1.29, 1.82) is 0 Å². The second kappa shape index (κ2) is 6.15. The zero-order valence-corrected chi connectivity index (χ0v) is 12.8. The van der Waals surface area contributed by atoms with Gasteiger partial charge in [0.2, 0.25) is 5.91 Å². The molecule has 1 atom stereocenters. The van der Waals surface area contributed by atoms with Crippen molar-refractivity contribution >= 4 is 17.2 Å². The van der Waals surface area contributed by atoms with Crippen LogP contribution in [0.1, 0.15) is 44.5 Å². The predicted octanol–water partition coefficient (Wildman–Crippen LogP) is 2.71. The van der Waals surface area contributed by atoms with Crippen molar-refractivity contribution in [3.63, 3.8) is 0 Å². The molecule has 0 bridgehead atoms. The molecule has 1 amide bonds. The Bertz CT molecular complexity index is 621. The van der Waals surface area contributed by atoms with E-state index in [4.69, 9.17) is 5.73 Å². The highest BCUT2D eigenvalue weighted by Gasteiger charge is 2.12. The SMILES string of the molecule is Cc1nc(C(C)NCc2cccc(C(N)=O)c2)c(C)s1. The third kappa shape index (κ3) is 3.43. The Morgan fingerprint density at radius 2 is 2.20 bits per heavy atom. The van der Waals surface area contributed by atoms with Crippen LogP contribution in [0.2, 0.25) is 0 Å². The van der Waals surface area contributed by atoms with Crippen molar-refractivity contribution in [3.05, 3.63) is 51.0 Å². The van der Waals surface area contributed by atoms with E-state index in [9.17, 15) is 4.79 Å². The number of rotatable bonds is 5. The van der Waals surface area contributed by atoms with Gasteiger partial charge in [-0.15, -0.1) is 11.3 Å². The maximum Gasteiger partial charge on any atom is 0.248 e. The van der Waals surface area contributed by atoms with Gasteiger partial charge in [0, 0.05) is 23.0 Å². The Kier molecular flexibility index (Phi) is 4.52. The lowest BCUT2D eigenvalue weighted by Gasteiger charge is -2.13. The number of hydrogen-bond donors (Lipinski definition) is 2. The van der Waals surface area contributed by atoms with Gasteiger partial charge in [0.25, 0.3) is 0 Å². The number of primary amides is 1. The van der Waals surface area contributed by atoms with Crippen molar-refractivity contribution < 1.29 is 4.79 Å². The monoisotopic (exact) mass is 289 g/mol. The van der Waals surface area contributed by atoms with Crippen LogP contribution < -0.4 is 11.1 Å². The van der Waals surface area contributed by atoms with Crippen molar-refractivity contribution in [2.24, 2.45) is 5.73 Å². The van der Waals surface area contributed by atoms with Crippen LogP contribution in [-0.2, 0) is 6.54 Å². The summed E-state index contributed by atoms with van der Waals surface area (Å²) in [6.45, 7) is 6.88. The molecule has 0 spiro atoms. The summed E-state index contributed by atoms with van der Waals surface area (Å²) in [5, 5.41) is 4.51. The molecule has 0 fully saturated rings. The van der Waals surface area contributed by atoms with Gasteiger partial charge >= 0.3 is 0 Å². The van der Waals surface area contributed by atoms with Crippen LogP contribution in [0, 0.1) is 13.8 Å². The number of carbonyl (C=O) groups is 1. The Morgan fingerprint density at radius 1 is 1.45 bits per heavy atom. The van der Waals surface area contributed by atoms with Crippen LogP contribution in [0.4, 0.5) is 0 Å². The second-order valence-corrected chi connectivity index (χ2v) is 6.25. The van der Waals surface area contributed by atoms with E-state index in [-0.39, 0.29) is 6.04 Å². The van der Waals surface area contributed by atoms with E-state index in [1.807, 2.05) is 25.1 Å². The van der Waals surface area contributed by atoms with E-state index < -0.39 is 5.91 Å². The average molecular weight is 289 g/mol. The summed E-state index contributed by atoms with van der Waals surface area (Å²) in [6.07, 6.45) is 0. The molecular weight excluding hydrogens is 270 g/mol. The molecule has 2 aromatic rings. The zero-order chi connectivity index (χ0) is 14.7. The van der Waals surface area contributed by atoms with E-state index in [1.54, 1.807) is 17.4 Å². The fourth-order valence-corrected chi connectivity index (χ4v) is 3.06. The molecule has 1 unspecified atom stereocenters. The number of nitrogens with zero attached hydrogens (tertiary/aromatic N) is 1. The van der Waals surface area contributed by atoms with E-state index in [0.29, 0.717) is 12.1 Å². The first-order valence-electron chi connectivity index (χ1n) is 6.53. The molecule has 0 aliphatic carbocycles. The Hall–Kier alpha value is -1.72. The molecule has 5 heteroatoms. The molecule has 106 valence electrons. The lowest BCUT2D eigenvalue weighted by Crippen LogP contribution is -2.19. The molecule has 0 aliphatic rings. The average Bonchev–Trinajstić information content (AvgIpc) is 2.75. The van der Waals surface area contributed by atoms with Gasteiger partial charge in [0.05, 0.1) is 10.7 Å². The summed E-state index contributed by atoms with van der Waals surface area (Å²) in [6, 6.07) is 7.55. The number of nitrogens with one attached hydrogen (secondary N) is 1. The third-order valence-corrected chi connectivity index (χ3v) is 4.08. The Balaban J connectivity index is 2.03. The summed E-state index contributed by atoms with van der Waals surface area (Å²) in [5.41, 5.74) is 7.96. The van der Waals surface area contributed by atoms with E-state index in [0.717, 1.165) is 16.3 Å². The molecule has 0 saturated heterocycles. The predicted molar refractivity (Wildman–Crippen MR) is 81.8 cm³/mol. The fourth-order valence-electron chi connectivity index (χ4n) is 2.15. The number of nitrogens with two attached hydrogens (primary N) is 1. The fraction of sp³-hybridized carbons (Fsp3) is 0.333. The number of carbonyl (C=O) groups excluding carboxylic acids is 1. The van der Waals surface area contributed by atoms with Gasteiger partial charge in [0.1, 0.15) is 0 Å². The number of amides is 1. The highest BCUT2D eigenvalue weighted by atomic mass is 32.1. The van der Waals surface area contributed by atoms with Crippen LogP contribution in [0.5, 0.6) is 0 Å². The second-order valence-electron chi connectivity index (χ2n) is 4.84. The maximum absolute atomic E-state index is 11.2. The molecule has 0 saturated carbocycles. The lowest BCUT2D eigenvalue weighted by molar-refractivity contribution is 0.1000. The van der Waals surface area contributed by atoms with Crippen LogP contribution in [-0.4, -0.2) is 10.9 Å². The summed E-state index contributed by atoms with van der Waals surface area (Å²) >= 11 is 1.71. The van der Waals surface area contributed by atoms with Crippen LogP contribution in [0.25, 0.3) is 0 Å². The first-order valence-corrected chi connectivity index (χ1v) is 7.35. The molecule has 1 aromatic carbocycles. The summed E-state index contributed by atoms with van der Waals surface area (Å²) in [4.78, 5) is 16.9. The molecule has 2 rings (SSSR count). The molecule has 3 N–H and O–H groups in total. The summed E-state index contributed by atoms with van der Waals surface area (Å²) < 4.78 is 0. The highest BCUT2D eigenvalue weighted by Crippen LogP contribution is 2.22. The third-order valence-electron chi connectivity index (χ3n) is 3.17. The Morgan fingerprint density at radius 3 is 2.80 bits per heavy atom. The van der Waals surface area contributed by atoms with Gasteiger partial charge in [0.15, 0.2) is 0 Å².